The number of benzene rings is 1. The minimum absolute atomic E-state index is 0.170. The van der Waals surface area contributed by atoms with Gasteiger partial charge in [0, 0.05) is 19.2 Å². The predicted molar refractivity (Wildman–Crippen MR) is 91.7 cm³/mol. The van der Waals surface area contributed by atoms with Crippen molar-refractivity contribution in [3.63, 3.8) is 0 Å². The number of likely N-dealkylation sites (tertiary alicyclic amines) is 1. The molecule has 1 fully saturated rings. The summed E-state index contributed by atoms with van der Waals surface area (Å²) in [5.74, 6) is -0.433. The van der Waals surface area contributed by atoms with Gasteiger partial charge in [-0.15, -0.1) is 0 Å². The number of rotatable bonds is 1. The van der Waals surface area contributed by atoms with Crippen LogP contribution in [-0.2, 0) is 4.74 Å². The summed E-state index contributed by atoms with van der Waals surface area (Å²) in [6, 6.07) is 2.70. The second kappa shape index (κ2) is 5.91. The van der Waals surface area contributed by atoms with Crippen molar-refractivity contribution < 1.29 is 13.9 Å². The fraction of sp³-hybridized carbons (Fsp3) is 0.500. The molecule has 0 spiro atoms. The Morgan fingerprint density at radius 3 is 2.79 bits per heavy atom. The van der Waals surface area contributed by atoms with Gasteiger partial charge in [0.05, 0.1) is 21.5 Å². The van der Waals surface area contributed by atoms with Gasteiger partial charge in [-0.3, -0.25) is 4.57 Å². The van der Waals surface area contributed by atoms with Crippen molar-refractivity contribution in [1.82, 2.24) is 14.5 Å². The number of nitrogens with zero attached hydrogens (tertiary/aromatic N) is 2. The third-order valence-electron chi connectivity index (χ3n) is 3.94. The monoisotopic (exact) mass is 399 g/mol. The summed E-state index contributed by atoms with van der Waals surface area (Å²) in [5, 5.41) is 0. The molecule has 2 heterocycles. The fourth-order valence-corrected chi connectivity index (χ4v) is 3.26. The quantitative estimate of drug-likeness (QED) is 0.798. The summed E-state index contributed by atoms with van der Waals surface area (Å²) < 4.78 is 20.9. The van der Waals surface area contributed by atoms with Crippen LogP contribution in [0.1, 0.15) is 33.2 Å². The van der Waals surface area contributed by atoms with E-state index >= 15 is 0 Å². The number of fused-ring (bicyclic) bond motifs is 1. The molecule has 0 radical (unpaired) electrons. The number of hydrogen-bond donors (Lipinski definition) is 1. The van der Waals surface area contributed by atoms with Crippen molar-refractivity contribution in [2.75, 3.05) is 13.1 Å². The van der Waals surface area contributed by atoms with E-state index in [1.165, 1.54) is 6.07 Å². The molecule has 1 amide bonds. The molecule has 0 bridgehead atoms. The molecule has 0 saturated carbocycles. The molecule has 1 aromatic carbocycles. The first-order chi connectivity index (χ1) is 11.2. The Hall–Kier alpha value is -1.83. The Morgan fingerprint density at radius 2 is 2.12 bits per heavy atom. The van der Waals surface area contributed by atoms with E-state index in [1.807, 2.05) is 20.8 Å². The van der Waals surface area contributed by atoms with Crippen LogP contribution in [0.3, 0.4) is 0 Å². The predicted octanol–water partition coefficient (Wildman–Crippen LogP) is 3.41. The van der Waals surface area contributed by atoms with Gasteiger partial charge in [0.2, 0.25) is 0 Å². The molecule has 1 aliphatic rings. The molecule has 8 heteroatoms. The van der Waals surface area contributed by atoms with Crippen molar-refractivity contribution in [2.45, 2.75) is 38.8 Å². The van der Waals surface area contributed by atoms with Gasteiger partial charge in [-0.1, -0.05) is 0 Å². The van der Waals surface area contributed by atoms with E-state index in [1.54, 1.807) is 15.5 Å². The van der Waals surface area contributed by atoms with Crippen LogP contribution >= 0.6 is 15.9 Å². The molecular formula is C16H19BrFN3O3. The van der Waals surface area contributed by atoms with Gasteiger partial charge in [-0.05, 0) is 49.2 Å². The minimum atomic E-state index is -0.560. The molecule has 6 nitrogen and oxygen atoms in total. The second-order valence-electron chi connectivity index (χ2n) is 6.95. The van der Waals surface area contributed by atoms with Crippen molar-refractivity contribution >= 4 is 33.1 Å². The van der Waals surface area contributed by atoms with Crippen LogP contribution < -0.4 is 5.69 Å². The van der Waals surface area contributed by atoms with Crippen molar-refractivity contribution in [2.24, 2.45) is 0 Å². The topological polar surface area (TPSA) is 67.3 Å². The zero-order valence-corrected chi connectivity index (χ0v) is 15.3. The molecular weight excluding hydrogens is 381 g/mol. The number of carbonyl (C=O) groups excluding carboxylic acids is 1. The van der Waals surface area contributed by atoms with Crippen molar-refractivity contribution in [3.8, 4) is 0 Å². The average molecular weight is 400 g/mol. The van der Waals surface area contributed by atoms with Gasteiger partial charge >= 0.3 is 11.8 Å². The third-order valence-corrected chi connectivity index (χ3v) is 4.55. The number of aromatic amines is 1. The molecule has 0 aliphatic carbocycles. The number of H-pyrrole nitrogens is 1. The SMILES string of the molecule is CC(C)(C)OC(=O)N1CC[C@H](n2c(=O)[nH]c3cc(F)c(Br)cc32)C1. The van der Waals surface area contributed by atoms with Crippen LogP contribution in [0.2, 0.25) is 0 Å². The van der Waals surface area contributed by atoms with Crippen LogP contribution in [0.25, 0.3) is 11.0 Å². The fourth-order valence-electron chi connectivity index (χ4n) is 2.93. The number of halogens is 2. The zero-order valence-electron chi connectivity index (χ0n) is 13.7. The van der Waals surface area contributed by atoms with E-state index in [0.717, 1.165) is 0 Å². The summed E-state index contributed by atoms with van der Waals surface area (Å²) in [7, 11) is 0. The van der Waals surface area contributed by atoms with Crippen LogP contribution in [0.5, 0.6) is 0 Å². The largest absolute Gasteiger partial charge is 0.444 e. The van der Waals surface area contributed by atoms with Gasteiger partial charge in [0.25, 0.3) is 0 Å². The molecule has 1 N–H and O–H groups in total. The highest BCUT2D eigenvalue weighted by molar-refractivity contribution is 9.10. The maximum absolute atomic E-state index is 13.6. The highest BCUT2D eigenvalue weighted by Gasteiger charge is 2.32. The van der Waals surface area contributed by atoms with E-state index < -0.39 is 11.4 Å². The summed E-state index contributed by atoms with van der Waals surface area (Å²) in [6.45, 7) is 6.34. The Balaban J connectivity index is 1.88. The molecule has 1 saturated heterocycles. The van der Waals surface area contributed by atoms with E-state index in [9.17, 15) is 14.0 Å². The van der Waals surface area contributed by atoms with Crippen molar-refractivity contribution in [1.29, 1.82) is 0 Å². The standard InChI is InChI=1S/C16H19BrFN3O3/c1-16(2,3)24-15(23)20-5-4-9(8-20)21-13-6-10(17)11(18)7-12(13)19-14(21)22/h6-7,9H,4-5,8H2,1-3H3,(H,19,22)/t9-/m0/s1. The van der Waals surface area contributed by atoms with Crippen LogP contribution in [-0.4, -0.2) is 39.2 Å². The first-order valence-electron chi connectivity index (χ1n) is 7.73. The van der Waals surface area contributed by atoms with Gasteiger partial charge in [-0.25, -0.2) is 14.0 Å². The molecule has 1 aromatic heterocycles. The van der Waals surface area contributed by atoms with Crippen LogP contribution in [0.15, 0.2) is 21.4 Å². The Bertz CT molecular complexity index is 853. The van der Waals surface area contributed by atoms with Gasteiger partial charge in [0.1, 0.15) is 11.4 Å². The van der Waals surface area contributed by atoms with Crippen LogP contribution in [0, 0.1) is 5.82 Å². The van der Waals surface area contributed by atoms with E-state index in [2.05, 4.69) is 20.9 Å². The van der Waals surface area contributed by atoms with Crippen molar-refractivity contribution in [3.05, 3.63) is 32.9 Å². The lowest BCUT2D eigenvalue weighted by Gasteiger charge is -2.24. The lowest BCUT2D eigenvalue weighted by molar-refractivity contribution is 0.0289. The van der Waals surface area contributed by atoms with Crippen LogP contribution in [0.4, 0.5) is 9.18 Å². The molecule has 1 atom stereocenters. The highest BCUT2D eigenvalue weighted by Crippen LogP contribution is 2.28. The lowest BCUT2D eigenvalue weighted by atomic mass is 10.2. The molecule has 0 unspecified atom stereocenters. The number of aromatic nitrogens is 2. The average Bonchev–Trinajstić information content (AvgIpc) is 3.02. The zero-order chi connectivity index (χ0) is 17.6. The van der Waals surface area contributed by atoms with E-state index in [-0.39, 0.29) is 17.8 Å². The maximum Gasteiger partial charge on any atom is 0.410 e. The summed E-state index contributed by atoms with van der Waals surface area (Å²) in [6.07, 6.45) is 0.256. The molecule has 2 aromatic rings. The summed E-state index contributed by atoms with van der Waals surface area (Å²) >= 11 is 3.15. The van der Waals surface area contributed by atoms with E-state index in [0.29, 0.717) is 35.0 Å². The molecule has 1 aliphatic heterocycles. The molecule has 130 valence electrons. The van der Waals surface area contributed by atoms with E-state index in [4.69, 9.17) is 4.74 Å². The molecule has 24 heavy (non-hydrogen) atoms. The minimum Gasteiger partial charge on any atom is -0.444 e. The number of imidazole rings is 1. The summed E-state index contributed by atoms with van der Waals surface area (Å²) in [5.41, 5.74) is 0.189. The summed E-state index contributed by atoms with van der Waals surface area (Å²) in [4.78, 5) is 28.7. The Labute approximate surface area is 146 Å². The first-order valence-corrected chi connectivity index (χ1v) is 8.52. The second-order valence-corrected chi connectivity index (χ2v) is 7.81. The van der Waals surface area contributed by atoms with Gasteiger partial charge in [-0.2, -0.15) is 0 Å². The Kier molecular flexibility index (Phi) is 4.19. The van der Waals surface area contributed by atoms with Gasteiger partial charge < -0.3 is 14.6 Å². The third kappa shape index (κ3) is 3.19. The normalized spacial score (nSPS) is 18.4. The highest BCUT2D eigenvalue weighted by atomic mass is 79.9. The maximum atomic E-state index is 13.6. The Morgan fingerprint density at radius 1 is 1.42 bits per heavy atom. The number of nitrogens with one attached hydrogen (secondary N) is 1. The van der Waals surface area contributed by atoms with Gasteiger partial charge in [0.15, 0.2) is 0 Å². The number of amides is 1. The smallest absolute Gasteiger partial charge is 0.410 e. The number of ether oxygens (including phenoxy) is 1. The number of carbonyl (C=O) groups is 1. The molecule has 3 rings (SSSR count). The first kappa shape index (κ1) is 17.0. The number of hydrogen-bond acceptors (Lipinski definition) is 3. The lowest BCUT2D eigenvalue weighted by Crippen LogP contribution is -2.36.